The number of allylic oxidation sites excluding steroid dienone is 1. The molecule has 0 amide bonds. The van der Waals surface area contributed by atoms with Gasteiger partial charge in [0.05, 0.1) is 26.4 Å². The molecule has 0 saturated carbocycles. The second-order valence-electron chi connectivity index (χ2n) is 7.62. The van der Waals surface area contributed by atoms with E-state index in [1.165, 1.54) is 26.4 Å². The van der Waals surface area contributed by atoms with Gasteiger partial charge in [-0.2, -0.15) is 0 Å². The van der Waals surface area contributed by atoms with Gasteiger partial charge in [-0.1, -0.05) is 17.7 Å². The summed E-state index contributed by atoms with van der Waals surface area (Å²) in [4.78, 5) is 25.8. The van der Waals surface area contributed by atoms with E-state index in [2.05, 4.69) is 0 Å². The van der Waals surface area contributed by atoms with Crippen molar-refractivity contribution in [2.75, 3.05) is 21.0 Å². The van der Waals surface area contributed by atoms with E-state index in [1.54, 1.807) is 42.5 Å². The molecule has 9 heteroatoms. The zero-order chi connectivity index (χ0) is 24.5. The maximum absolute atomic E-state index is 12.9. The van der Waals surface area contributed by atoms with Gasteiger partial charge in [-0.05, 0) is 42.5 Å². The third kappa shape index (κ3) is 4.29. The van der Waals surface area contributed by atoms with E-state index >= 15 is 0 Å². The molecule has 0 radical (unpaired) electrons. The molecule has 3 aromatic carbocycles. The van der Waals surface area contributed by atoms with Crippen LogP contribution in [0.5, 0.6) is 28.7 Å². The highest BCUT2D eigenvalue weighted by atomic mass is 35.5. The SMILES string of the molecule is COc1cccc(OC)c1C(=O)Oc1ccc2c(c1)O/C(=C\c1cc(Cl)cc3c1OCOC3)C2=O. The Hall–Kier alpha value is -4.01. The number of ketones is 1. The number of hydrogen-bond acceptors (Lipinski definition) is 8. The van der Waals surface area contributed by atoms with Gasteiger partial charge in [0.15, 0.2) is 12.6 Å². The molecule has 3 aromatic rings. The van der Waals surface area contributed by atoms with Gasteiger partial charge in [0, 0.05) is 22.2 Å². The molecule has 8 nitrogen and oxygen atoms in total. The number of Topliss-reactive ketones (excluding diaryl/α,β-unsaturated/α-hetero) is 1. The summed E-state index contributed by atoms with van der Waals surface area (Å²) >= 11 is 6.22. The Morgan fingerprint density at radius 3 is 2.57 bits per heavy atom. The molecule has 2 aliphatic rings. The van der Waals surface area contributed by atoms with Gasteiger partial charge in [0.25, 0.3) is 0 Å². The molecule has 35 heavy (non-hydrogen) atoms. The van der Waals surface area contributed by atoms with Crippen molar-refractivity contribution in [3.8, 4) is 28.7 Å². The number of benzene rings is 3. The predicted octanol–water partition coefficient (Wildman–Crippen LogP) is 5.06. The van der Waals surface area contributed by atoms with E-state index < -0.39 is 5.97 Å². The molecule has 2 heterocycles. The van der Waals surface area contributed by atoms with Crippen LogP contribution in [0.1, 0.15) is 31.8 Å². The molecule has 0 spiro atoms. The third-order valence-corrected chi connectivity index (χ3v) is 5.69. The molecular formula is C26H19ClO8. The van der Waals surface area contributed by atoms with Gasteiger partial charge in [-0.3, -0.25) is 4.79 Å². The zero-order valence-corrected chi connectivity index (χ0v) is 19.5. The number of carbonyl (C=O) groups excluding carboxylic acids is 2. The normalized spacial score (nSPS) is 15.1. The van der Waals surface area contributed by atoms with Crippen LogP contribution in [0, 0.1) is 0 Å². The summed E-state index contributed by atoms with van der Waals surface area (Å²) in [6.45, 7) is 0.457. The minimum absolute atomic E-state index is 0.0921. The van der Waals surface area contributed by atoms with Crippen molar-refractivity contribution in [3.63, 3.8) is 0 Å². The highest BCUT2D eigenvalue weighted by molar-refractivity contribution is 6.31. The molecule has 0 saturated heterocycles. The first-order valence-corrected chi connectivity index (χ1v) is 10.9. The van der Waals surface area contributed by atoms with Crippen molar-refractivity contribution >= 4 is 29.4 Å². The largest absolute Gasteiger partial charge is 0.496 e. The van der Waals surface area contributed by atoms with Crippen molar-refractivity contribution in [2.24, 2.45) is 0 Å². The van der Waals surface area contributed by atoms with Crippen LogP contribution >= 0.6 is 11.6 Å². The Kier molecular flexibility index (Phi) is 6.07. The lowest BCUT2D eigenvalue weighted by molar-refractivity contribution is -0.0165. The monoisotopic (exact) mass is 494 g/mol. The molecule has 0 atom stereocenters. The maximum atomic E-state index is 12.9. The van der Waals surface area contributed by atoms with E-state index in [4.69, 9.17) is 40.0 Å². The van der Waals surface area contributed by atoms with E-state index in [-0.39, 0.29) is 35.4 Å². The second-order valence-corrected chi connectivity index (χ2v) is 8.06. The molecule has 0 fully saturated rings. The highest BCUT2D eigenvalue weighted by Gasteiger charge is 2.29. The summed E-state index contributed by atoms with van der Waals surface area (Å²) in [7, 11) is 2.90. The Morgan fingerprint density at radius 1 is 1.06 bits per heavy atom. The van der Waals surface area contributed by atoms with Crippen molar-refractivity contribution in [1.29, 1.82) is 0 Å². The number of hydrogen-bond donors (Lipinski definition) is 0. The van der Waals surface area contributed by atoms with Crippen molar-refractivity contribution in [2.45, 2.75) is 6.61 Å². The molecular weight excluding hydrogens is 476 g/mol. The van der Waals surface area contributed by atoms with Gasteiger partial charge in [-0.15, -0.1) is 0 Å². The maximum Gasteiger partial charge on any atom is 0.351 e. The fourth-order valence-electron chi connectivity index (χ4n) is 3.90. The smallest absolute Gasteiger partial charge is 0.351 e. The summed E-state index contributed by atoms with van der Waals surface area (Å²) < 4.78 is 32.8. The first-order valence-electron chi connectivity index (χ1n) is 10.5. The van der Waals surface area contributed by atoms with Crippen molar-refractivity contribution < 1.29 is 38.0 Å². The number of rotatable bonds is 5. The number of ether oxygens (including phenoxy) is 6. The lowest BCUT2D eigenvalue weighted by Crippen LogP contribution is -2.12. The van der Waals surface area contributed by atoms with Gasteiger partial charge >= 0.3 is 5.97 Å². The fraction of sp³-hybridized carbons (Fsp3) is 0.154. The average molecular weight is 495 g/mol. The lowest BCUT2D eigenvalue weighted by Gasteiger charge is -2.20. The third-order valence-electron chi connectivity index (χ3n) is 5.47. The predicted molar refractivity (Wildman–Crippen MR) is 126 cm³/mol. The summed E-state index contributed by atoms with van der Waals surface area (Å²) in [5.41, 5.74) is 1.86. The van der Waals surface area contributed by atoms with Gasteiger partial charge < -0.3 is 28.4 Å². The van der Waals surface area contributed by atoms with Crippen LogP contribution in [0.2, 0.25) is 5.02 Å². The number of carbonyl (C=O) groups is 2. The molecule has 0 aromatic heterocycles. The molecule has 178 valence electrons. The van der Waals surface area contributed by atoms with Gasteiger partial charge in [0.1, 0.15) is 34.3 Å². The highest BCUT2D eigenvalue weighted by Crippen LogP contribution is 2.38. The minimum atomic E-state index is -0.677. The number of halogens is 1. The fourth-order valence-corrected chi connectivity index (χ4v) is 4.15. The van der Waals surface area contributed by atoms with E-state index in [9.17, 15) is 9.59 Å². The van der Waals surface area contributed by atoms with Crippen LogP contribution < -0.4 is 23.7 Å². The van der Waals surface area contributed by atoms with E-state index in [0.717, 1.165) is 5.56 Å². The molecule has 0 N–H and O–H groups in total. The molecule has 0 unspecified atom stereocenters. The van der Waals surface area contributed by atoms with Gasteiger partial charge in [-0.25, -0.2) is 4.79 Å². The topological polar surface area (TPSA) is 89.5 Å². The first kappa shape index (κ1) is 22.8. The Balaban J connectivity index is 1.42. The molecule has 2 aliphatic heterocycles. The summed E-state index contributed by atoms with van der Waals surface area (Å²) in [5.74, 6) is 0.758. The quantitative estimate of drug-likeness (QED) is 0.276. The molecule has 5 rings (SSSR count). The van der Waals surface area contributed by atoms with E-state index in [1.807, 2.05) is 0 Å². The van der Waals surface area contributed by atoms with Crippen LogP contribution in [0.25, 0.3) is 6.08 Å². The first-order chi connectivity index (χ1) is 17.0. The zero-order valence-electron chi connectivity index (χ0n) is 18.8. The van der Waals surface area contributed by atoms with Crippen molar-refractivity contribution in [1.82, 2.24) is 0 Å². The number of fused-ring (bicyclic) bond motifs is 2. The summed E-state index contributed by atoms with van der Waals surface area (Å²) in [6, 6.07) is 12.9. The number of esters is 1. The Bertz CT molecular complexity index is 1360. The van der Waals surface area contributed by atoms with Crippen molar-refractivity contribution in [3.05, 3.63) is 81.6 Å². The molecule has 0 aliphatic carbocycles. The lowest BCUT2D eigenvalue weighted by atomic mass is 10.1. The van der Waals surface area contributed by atoms with Crippen LogP contribution in [0.4, 0.5) is 0 Å². The van der Waals surface area contributed by atoms with Crippen LogP contribution in [0.3, 0.4) is 0 Å². The second kappa shape index (κ2) is 9.32. The Morgan fingerprint density at radius 2 is 1.83 bits per heavy atom. The molecule has 0 bridgehead atoms. The van der Waals surface area contributed by atoms with Gasteiger partial charge in [0.2, 0.25) is 5.78 Å². The minimum Gasteiger partial charge on any atom is -0.496 e. The van der Waals surface area contributed by atoms with Crippen LogP contribution in [-0.4, -0.2) is 32.8 Å². The Labute approximate surface area is 205 Å². The number of methoxy groups -OCH3 is 2. The van der Waals surface area contributed by atoms with E-state index in [0.29, 0.717) is 40.0 Å². The van der Waals surface area contributed by atoms with Crippen LogP contribution in [0.15, 0.2) is 54.3 Å². The van der Waals surface area contributed by atoms with Crippen LogP contribution in [-0.2, 0) is 11.3 Å². The summed E-state index contributed by atoms with van der Waals surface area (Å²) in [5, 5.41) is 0.480. The summed E-state index contributed by atoms with van der Waals surface area (Å²) in [6.07, 6.45) is 1.57. The average Bonchev–Trinajstić information content (AvgIpc) is 3.17. The standard InChI is InChI=1S/C26H19ClO8/c1-30-19-4-3-5-20(31-2)23(19)26(29)34-17-6-7-18-21(11-17)35-22(24(18)28)10-14-8-16(27)9-15-12-32-13-33-25(14)15/h3-11H,12-13H2,1-2H3/b22-10-.